The summed E-state index contributed by atoms with van der Waals surface area (Å²) in [4.78, 5) is 27.2. The van der Waals surface area contributed by atoms with Crippen molar-refractivity contribution in [1.29, 1.82) is 0 Å². The molecule has 134 valence electrons. The van der Waals surface area contributed by atoms with Crippen molar-refractivity contribution in [1.82, 2.24) is 4.98 Å². The Balaban J connectivity index is 1.93. The highest BCUT2D eigenvalue weighted by molar-refractivity contribution is 9.10. The third-order valence-electron chi connectivity index (χ3n) is 4.46. The normalized spacial score (nSPS) is 14.3. The van der Waals surface area contributed by atoms with Crippen molar-refractivity contribution in [2.75, 3.05) is 5.32 Å². The molecule has 1 amide bonds. The van der Waals surface area contributed by atoms with Gasteiger partial charge in [-0.05, 0) is 48.4 Å². The molecule has 0 aliphatic carbocycles. The van der Waals surface area contributed by atoms with Crippen LogP contribution in [0, 0.1) is 6.92 Å². The van der Waals surface area contributed by atoms with Gasteiger partial charge in [0.15, 0.2) is 0 Å². The topological polar surface area (TPSA) is 82.2 Å². The maximum absolute atomic E-state index is 12.6. The van der Waals surface area contributed by atoms with E-state index in [-0.39, 0.29) is 11.5 Å². The maximum Gasteiger partial charge on any atom is 0.337 e. The molecule has 5 nitrogen and oxygen atoms in total. The van der Waals surface area contributed by atoms with Gasteiger partial charge in [0.2, 0.25) is 0 Å². The lowest BCUT2D eigenvalue weighted by Gasteiger charge is -2.09. The molecule has 3 N–H and O–H groups in total. The molecule has 0 atom stereocenters. The van der Waals surface area contributed by atoms with E-state index >= 15 is 0 Å². The molecule has 0 fully saturated rings. The lowest BCUT2D eigenvalue weighted by molar-refractivity contribution is -0.110. The average molecular weight is 423 g/mol. The maximum atomic E-state index is 12.6. The largest absolute Gasteiger partial charge is 0.478 e. The number of aromatic amines is 1. The van der Waals surface area contributed by atoms with Crippen LogP contribution in [-0.2, 0) is 4.79 Å². The van der Waals surface area contributed by atoms with Gasteiger partial charge in [-0.2, -0.15) is 0 Å². The van der Waals surface area contributed by atoms with E-state index in [1.165, 1.54) is 0 Å². The summed E-state index contributed by atoms with van der Waals surface area (Å²) in [6, 6.07) is 15.1. The number of aryl methyl sites for hydroxylation is 1. The number of carboxylic acids is 1. The van der Waals surface area contributed by atoms with Gasteiger partial charge in [-0.1, -0.05) is 40.2 Å². The van der Waals surface area contributed by atoms with E-state index in [4.69, 9.17) is 0 Å². The fourth-order valence-electron chi connectivity index (χ4n) is 3.33. The highest BCUT2D eigenvalue weighted by atomic mass is 79.9. The fourth-order valence-corrected chi connectivity index (χ4v) is 3.73. The zero-order valence-corrected chi connectivity index (χ0v) is 15.9. The highest BCUT2D eigenvalue weighted by Gasteiger charge is 2.28. The van der Waals surface area contributed by atoms with Crippen LogP contribution in [-0.4, -0.2) is 22.0 Å². The van der Waals surface area contributed by atoms with Crippen LogP contribution in [0.15, 0.2) is 53.0 Å². The predicted octanol–water partition coefficient (Wildman–Crippen LogP) is 4.94. The number of anilines is 1. The van der Waals surface area contributed by atoms with Crippen LogP contribution in [0.5, 0.6) is 0 Å². The summed E-state index contributed by atoms with van der Waals surface area (Å²) in [6.07, 6.45) is 1.61. The van der Waals surface area contributed by atoms with Crippen LogP contribution in [0.4, 0.5) is 5.69 Å². The highest BCUT2D eigenvalue weighted by Crippen LogP contribution is 2.41. The van der Waals surface area contributed by atoms with Crippen LogP contribution in [0.1, 0.15) is 27.3 Å². The number of H-pyrrole nitrogens is 1. The van der Waals surface area contributed by atoms with Crippen molar-refractivity contribution in [2.45, 2.75) is 6.92 Å². The second-order valence-electron chi connectivity index (χ2n) is 6.34. The molecular formula is C21H15BrN2O3. The van der Waals surface area contributed by atoms with Crippen molar-refractivity contribution < 1.29 is 14.7 Å². The molecule has 0 bridgehead atoms. The minimum atomic E-state index is -1.04. The Morgan fingerprint density at radius 2 is 1.93 bits per heavy atom. The molecule has 3 aromatic rings. The van der Waals surface area contributed by atoms with Crippen LogP contribution >= 0.6 is 15.9 Å². The first-order valence-electron chi connectivity index (χ1n) is 8.29. The van der Waals surface area contributed by atoms with E-state index in [1.807, 2.05) is 42.5 Å². The molecule has 1 aliphatic rings. The molecule has 0 spiro atoms. The van der Waals surface area contributed by atoms with Crippen LogP contribution in [0.25, 0.3) is 22.8 Å². The number of hydrogen-bond acceptors (Lipinski definition) is 2. The predicted molar refractivity (Wildman–Crippen MR) is 109 cm³/mol. The van der Waals surface area contributed by atoms with Gasteiger partial charge < -0.3 is 15.4 Å². The number of fused-ring (bicyclic) bond motifs is 1. The van der Waals surface area contributed by atoms with Crippen molar-refractivity contribution in [3.63, 3.8) is 0 Å². The molecule has 6 heteroatoms. The Morgan fingerprint density at radius 3 is 2.67 bits per heavy atom. The number of carbonyl (C=O) groups is 2. The minimum Gasteiger partial charge on any atom is -0.478 e. The van der Waals surface area contributed by atoms with Gasteiger partial charge in [-0.15, -0.1) is 0 Å². The van der Waals surface area contributed by atoms with Crippen LogP contribution < -0.4 is 5.32 Å². The van der Waals surface area contributed by atoms with E-state index in [1.54, 1.807) is 19.1 Å². The summed E-state index contributed by atoms with van der Waals surface area (Å²) in [7, 11) is 0. The zero-order chi connectivity index (χ0) is 19.1. The van der Waals surface area contributed by atoms with Crippen molar-refractivity contribution in [3.05, 3.63) is 75.5 Å². The van der Waals surface area contributed by atoms with Crippen LogP contribution in [0.3, 0.4) is 0 Å². The summed E-state index contributed by atoms with van der Waals surface area (Å²) in [5.41, 5.74) is 5.04. The number of aromatic nitrogens is 1. The third-order valence-corrected chi connectivity index (χ3v) is 4.96. The lowest BCUT2D eigenvalue weighted by atomic mass is 9.94. The van der Waals surface area contributed by atoms with E-state index in [0.29, 0.717) is 17.0 Å². The van der Waals surface area contributed by atoms with Gasteiger partial charge in [0.1, 0.15) is 0 Å². The zero-order valence-electron chi connectivity index (χ0n) is 14.3. The number of carboxylic acid groups (broad SMARTS) is 1. The Morgan fingerprint density at radius 1 is 1.15 bits per heavy atom. The average Bonchev–Trinajstić information content (AvgIpc) is 3.15. The molecule has 27 heavy (non-hydrogen) atoms. The molecular weight excluding hydrogens is 408 g/mol. The smallest absolute Gasteiger partial charge is 0.337 e. The summed E-state index contributed by atoms with van der Waals surface area (Å²) in [6.45, 7) is 1.78. The molecule has 0 unspecified atom stereocenters. The van der Waals surface area contributed by atoms with Gasteiger partial charge in [-0.25, -0.2) is 4.79 Å². The molecule has 1 aromatic heterocycles. The minimum absolute atomic E-state index is 0.140. The molecule has 2 aromatic carbocycles. The Kier molecular flexibility index (Phi) is 4.20. The Bertz CT molecular complexity index is 1130. The number of nitrogens with one attached hydrogen (secondary N) is 2. The second-order valence-corrected chi connectivity index (χ2v) is 7.25. The fraction of sp³-hybridized carbons (Fsp3) is 0.0476. The van der Waals surface area contributed by atoms with Crippen molar-refractivity contribution >= 4 is 45.1 Å². The number of halogens is 1. The molecule has 0 radical (unpaired) electrons. The number of rotatable bonds is 3. The molecule has 4 rings (SSSR count). The number of carbonyl (C=O) groups excluding carboxylic acids is 1. The molecule has 0 saturated heterocycles. The monoisotopic (exact) mass is 422 g/mol. The number of benzene rings is 2. The van der Waals surface area contributed by atoms with E-state index in [9.17, 15) is 14.7 Å². The van der Waals surface area contributed by atoms with Gasteiger partial charge in [0.05, 0.1) is 16.8 Å². The van der Waals surface area contributed by atoms with E-state index in [2.05, 4.69) is 26.2 Å². The first kappa shape index (κ1) is 17.3. The Labute approximate surface area is 163 Å². The van der Waals surface area contributed by atoms with Gasteiger partial charge in [0, 0.05) is 21.4 Å². The third kappa shape index (κ3) is 3.08. The summed E-state index contributed by atoms with van der Waals surface area (Å²) < 4.78 is 0.938. The van der Waals surface area contributed by atoms with E-state index < -0.39 is 5.97 Å². The SMILES string of the molecule is Cc1cc(C(=O)O)c(/C=C2\C(=O)Nc3cccc(-c4cccc(Br)c4)c32)[nH]1. The molecule has 1 aliphatic heterocycles. The Hall–Kier alpha value is -3.12. The summed E-state index contributed by atoms with van der Waals surface area (Å²) in [5.74, 6) is -1.29. The first-order valence-corrected chi connectivity index (χ1v) is 9.08. The van der Waals surface area contributed by atoms with Gasteiger partial charge in [0.25, 0.3) is 5.91 Å². The lowest BCUT2D eigenvalue weighted by Crippen LogP contribution is -2.04. The first-order chi connectivity index (χ1) is 12.9. The quantitative estimate of drug-likeness (QED) is 0.522. The van der Waals surface area contributed by atoms with Gasteiger partial charge >= 0.3 is 5.97 Å². The van der Waals surface area contributed by atoms with Crippen LogP contribution in [0.2, 0.25) is 0 Å². The number of amides is 1. The van der Waals surface area contributed by atoms with E-state index in [0.717, 1.165) is 26.9 Å². The molecule has 0 saturated carbocycles. The number of aromatic carboxylic acids is 1. The number of hydrogen-bond donors (Lipinski definition) is 3. The standard InChI is InChI=1S/C21H15BrN2O3/c1-11-8-15(21(26)27)18(23-11)10-16-19-14(12-4-2-5-13(22)9-12)6-3-7-17(19)24-20(16)25/h2-10,23H,1H3,(H,24,25)(H,26,27)/b16-10-. The van der Waals surface area contributed by atoms with Gasteiger partial charge in [-0.3, -0.25) is 4.79 Å². The molecule has 2 heterocycles. The second kappa shape index (κ2) is 6.55. The van der Waals surface area contributed by atoms with Crippen molar-refractivity contribution in [2.24, 2.45) is 0 Å². The summed E-state index contributed by atoms with van der Waals surface area (Å²) in [5, 5.41) is 12.3. The van der Waals surface area contributed by atoms with Crippen molar-refractivity contribution in [3.8, 4) is 11.1 Å². The summed E-state index contributed by atoms with van der Waals surface area (Å²) >= 11 is 3.48.